The van der Waals surface area contributed by atoms with E-state index in [1.54, 1.807) is 0 Å². The highest BCUT2D eigenvalue weighted by molar-refractivity contribution is 7.92. The topological polar surface area (TPSA) is 90.1 Å². The Balaban J connectivity index is 2.72. The lowest BCUT2D eigenvalue weighted by molar-refractivity contribution is 0.0995. The lowest BCUT2D eigenvalue weighted by Crippen LogP contribution is -2.21. The summed E-state index contributed by atoms with van der Waals surface area (Å²) >= 11 is 0. The van der Waals surface area contributed by atoms with Gasteiger partial charge in [0.1, 0.15) is 16.8 Å². The average Bonchev–Trinajstić information content (AvgIpc) is 2.60. The Labute approximate surface area is 150 Å². The van der Waals surface area contributed by atoms with Crippen molar-refractivity contribution in [2.45, 2.75) is 5.25 Å². The molecular weight excluding hydrogens is 395 g/mol. The van der Waals surface area contributed by atoms with Gasteiger partial charge in [0, 0.05) is 11.8 Å². The number of benzene rings is 1. The van der Waals surface area contributed by atoms with Gasteiger partial charge in [0.2, 0.25) is 0 Å². The van der Waals surface area contributed by atoms with Gasteiger partial charge in [-0.15, -0.1) is 0 Å². The van der Waals surface area contributed by atoms with Gasteiger partial charge in [-0.1, -0.05) is 6.07 Å². The Morgan fingerprint density at radius 1 is 1.11 bits per heavy atom. The smallest absolute Gasteiger partial charge is 0.267 e. The van der Waals surface area contributed by atoms with E-state index in [4.69, 9.17) is 5.73 Å². The van der Waals surface area contributed by atoms with Crippen LogP contribution in [-0.4, -0.2) is 25.1 Å². The third-order valence-electron chi connectivity index (χ3n) is 3.51. The first-order chi connectivity index (χ1) is 12.5. The number of nitrogens with two attached hydrogens (primary N) is 1. The average molecular weight is 406 g/mol. The Kier molecular flexibility index (Phi) is 5.94. The number of carbonyl (C=O) groups is 1. The molecule has 144 valence electrons. The van der Waals surface area contributed by atoms with E-state index in [1.165, 1.54) is 0 Å². The van der Waals surface area contributed by atoms with Crippen molar-refractivity contribution in [3.63, 3.8) is 0 Å². The zero-order valence-corrected chi connectivity index (χ0v) is 14.1. The highest BCUT2D eigenvalue weighted by Crippen LogP contribution is 2.35. The van der Waals surface area contributed by atoms with Crippen LogP contribution in [0, 0.1) is 17.5 Å². The maximum atomic E-state index is 14.2. The van der Waals surface area contributed by atoms with Gasteiger partial charge in [-0.2, -0.15) is 8.78 Å². The van der Waals surface area contributed by atoms with Crippen molar-refractivity contribution >= 4 is 15.7 Å². The molecule has 1 heterocycles. The molecule has 2 N–H and O–H groups in total. The van der Waals surface area contributed by atoms with E-state index in [1.807, 2.05) is 0 Å². The normalized spacial score (nSPS) is 12.5. The van der Waals surface area contributed by atoms with Crippen LogP contribution in [-0.2, 0) is 9.84 Å². The summed E-state index contributed by atoms with van der Waals surface area (Å²) in [6, 6.07) is 2.93. The van der Waals surface area contributed by atoms with Gasteiger partial charge in [-0.25, -0.2) is 21.6 Å². The van der Waals surface area contributed by atoms with E-state index in [9.17, 15) is 35.2 Å². The molecule has 0 fully saturated rings. The molecule has 27 heavy (non-hydrogen) atoms. The summed E-state index contributed by atoms with van der Waals surface area (Å²) in [7, 11) is -4.68. The Hall–Kier alpha value is -2.82. The number of aromatic nitrogens is 1. The number of carbonyl (C=O) groups excluding carboxylic acids is 1. The van der Waals surface area contributed by atoms with E-state index in [-0.39, 0.29) is 17.3 Å². The summed E-state index contributed by atoms with van der Waals surface area (Å²) in [6.45, 7) is 0. The number of amides is 1. The zero-order chi connectivity index (χ0) is 20.4. The molecule has 0 aliphatic rings. The molecular formula is C16H11F5N2O3S. The maximum Gasteiger partial charge on any atom is 0.267 e. The van der Waals surface area contributed by atoms with Crippen LogP contribution in [0.15, 0.2) is 42.6 Å². The van der Waals surface area contributed by atoms with Crippen molar-refractivity contribution in [1.82, 2.24) is 4.98 Å². The third kappa shape index (κ3) is 4.48. The molecule has 11 heteroatoms. The van der Waals surface area contributed by atoms with Gasteiger partial charge in [0.25, 0.3) is 12.0 Å². The summed E-state index contributed by atoms with van der Waals surface area (Å²) in [5.41, 5.74) is 3.18. The largest absolute Gasteiger partial charge is 0.364 e. The van der Waals surface area contributed by atoms with Crippen LogP contribution in [0.2, 0.25) is 0 Å². The van der Waals surface area contributed by atoms with Crippen molar-refractivity contribution in [1.29, 1.82) is 0 Å². The number of hydrogen-bond donors (Lipinski definition) is 1. The minimum atomic E-state index is -4.68. The van der Waals surface area contributed by atoms with Crippen LogP contribution in [0.5, 0.6) is 0 Å². The van der Waals surface area contributed by atoms with E-state index in [0.29, 0.717) is 12.1 Å². The minimum absolute atomic E-state index is 0.0443. The Morgan fingerprint density at radius 3 is 2.26 bits per heavy atom. The molecule has 5 nitrogen and oxygen atoms in total. The van der Waals surface area contributed by atoms with Crippen molar-refractivity contribution < 1.29 is 35.2 Å². The predicted octanol–water partition coefficient (Wildman–Crippen LogP) is 2.88. The summed E-state index contributed by atoms with van der Waals surface area (Å²) in [4.78, 5) is 14.6. The SMILES string of the molecule is NC(=O)c1ccc(C(c2c(F)ccc(F)c2F)S(=O)(=O)CC=C(F)F)cn1. The first-order valence-electron chi connectivity index (χ1n) is 7.16. The molecule has 1 atom stereocenters. The van der Waals surface area contributed by atoms with Crippen LogP contribution in [0.1, 0.15) is 26.9 Å². The van der Waals surface area contributed by atoms with Crippen LogP contribution in [0.3, 0.4) is 0 Å². The van der Waals surface area contributed by atoms with Gasteiger partial charge in [0.05, 0.1) is 5.75 Å². The van der Waals surface area contributed by atoms with Crippen molar-refractivity contribution in [2.75, 3.05) is 5.75 Å². The van der Waals surface area contributed by atoms with E-state index < -0.39 is 55.8 Å². The van der Waals surface area contributed by atoms with Crippen molar-refractivity contribution in [3.8, 4) is 0 Å². The second kappa shape index (κ2) is 7.82. The summed E-state index contributed by atoms with van der Waals surface area (Å²) in [6.07, 6.45) is -1.48. The van der Waals surface area contributed by atoms with E-state index >= 15 is 0 Å². The molecule has 0 saturated heterocycles. The van der Waals surface area contributed by atoms with Crippen LogP contribution in [0.4, 0.5) is 22.0 Å². The Morgan fingerprint density at radius 2 is 1.74 bits per heavy atom. The third-order valence-corrected chi connectivity index (χ3v) is 5.37. The molecule has 0 radical (unpaired) electrons. The monoisotopic (exact) mass is 406 g/mol. The highest BCUT2D eigenvalue weighted by atomic mass is 32.2. The standard InChI is InChI=1S/C16H11F5N2O3S/c17-9-2-3-10(18)14(21)13(9)15(27(25,26)6-5-12(19)20)8-1-4-11(16(22)24)23-7-8/h1-5,7,15H,6H2,(H2,22,24). The molecule has 1 amide bonds. The number of nitrogens with zero attached hydrogens (tertiary/aromatic N) is 1. The van der Waals surface area contributed by atoms with Gasteiger partial charge in [-0.05, 0) is 29.8 Å². The number of pyridine rings is 1. The first-order valence-corrected chi connectivity index (χ1v) is 8.88. The summed E-state index contributed by atoms with van der Waals surface area (Å²) in [5.74, 6) is -6.93. The molecule has 0 aliphatic heterocycles. The quantitative estimate of drug-likeness (QED) is 0.590. The van der Waals surface area contributed by atoms with E-state index in [0.717, 1.165) is 18.3 Å². The fourth-order valence-corrected chi connectivity index (χ4v) is 4.00. The molecule has 0 spiro atoms. The second-order valence-corrected chi connectivity index (χ2v) is 7.43. The molecule has 1 aromatic carbocycles. The van der Waals surface area contributed by atoms with Gasteiger partial charge < -0.3 is 5.73 Å². The number of rotatable bonds is 6. The van der Waals surface area contributed by atoms with Gasteiger partial charge in [0.15, 0.2) is 21.5 Å². The van der Waals surface area contributed by atoms with Crippen molar-refractivity contribution in [2.24, 2.45) is 5.73 Å². The number of sulfone groups is 1. The molecule has 0 aliphatic carbocycles. The molecule has 1 aromatic heterocycles. The lowest BCUT2D eigenvalue weighted by atomic mass is 10.0. The maximum absolute atomic E-state index is 14.2. The Bertz CT molecular complexity index is 1000. The summed E-state index contributed by atoms with van der Waals surface area (Å²) < 4.78 is 91.6. The lowest BCUT2D eigenvalue weighted by Gasteiger charge is -2.19. The van der Waals surface area contributed by atoms with Crippen LogP contribution >= 0.6 is 0 Å². The number of hydrogen-bond acceptors (Lipinski definition) is 4. The number of halogens is 5. The number of primary amides is 1. The van der Waals surface area contributed by atoms with Crippen LogP contribution in [0.25, 0.3) is 0 Å². The predicted molar refractivity (Wildman–Crippen MR) is 85.0 cm³/mol. The molecule has 0 bridgehead atoms. The van der Waals surface area contributed by atoms with Gasteiger partial charge >= 0.3 is 0 Å². The molecule has 2 aromatic rings. The molecule has 0 saturated carbocycles. The van der Waals surface area contributed by atoms with Crippen molar-refractivity contribution in [3.05, 3.63) is 76.9 Å². The van der Waals surface area contributed by atoms with Crippen LogP contribution < -0.4 is 5.73 Å². The zero-order valence-electron chi connectivity index (χ0n) is 13.3. The molecule has 2 rings (SSSR count). The molecule has 1 unspecified atom stereocenters. The fourth-order valence-electron chi connectivity index (χ4n) is 2.32. The summed E-state index contributed by atoms with van der Waals surface area (Å²) in [5, 5.41) is -2.18. The fraction of sp³-hybridized carbons (Fsp3) is 0.125. The highest BCUT2D eigenvalue weighted by Gasteiger charge is 2.35. The minimum Gasteiger partial charge on any atom is -0.364 e. The van der Waals surface area contributed by atoms with E-state index in [2.05, 4.69) is 4.98 Å². The second-order valence-electron chi connectivity index (χ2n) is 5.30. The first kappa shape index (κ1) is 20.5. The van der Waals surface area contributed by atoms with Gasteiger partial charge in [-0.3, -0.25) is 9.78 Å².